The van der Waals surface area contributed by atoms with Crippen molar-refractivity contribution >= 4 is 47.7 Å². The normalized spacial score (nSPS) is 12.9. The first-order chi connectivity index (χ1) is 20.8. The number of benzene rings is 2. The van der Waals surface area contributed by atoms with Crippen molar-refractivity contribution in [1.29, 1.82) is 0 Å². The molecule has 0 bridgehead atoms. The number of esters is 1. The minimum absolute atomic E-state index is 0.0193. The molecule has 0 aliphatic heterocycles. The van der Waals surface area contributed by atoms with E-state index in [0.717, 1.165) is 12.1 Å². The molecule has 1 heterocycles. The topological polar surface area (TPSA) is 92.1 Å². The molecule has 3 aromatic rings. The number of alkyl halides is 3. The van der Waals surface area contributed by atoms with Crippen LogP contribution >= 0.6 is 27.5 Å². The van der Waals surface area contributed by atoms with Gasteiger partial charge in [0.1, 0.15) is 27.8 Å². The fourth-order valence-corrected chi connectivity index (χ4v) is 5.72. The van der Waals surface area contributed by atoms with E-state index in [0.29, 0.717) is 10.6 Å². The molecule has 1 unspecified atom stereocenters. The molecule has 1 atom stereocenters. The van der Waals surface area contributed by atoms with E-state index in [4.69, 9.17) is 25.5 Å². The van der Waals surface area contributed by atoms with E-state index in [-0.39, 0.29) is 46.7 Å². The van der Waals surface area contributed by atoms with Gasteiger partial charge in [-0.05, 0) is 63.9 Å². The lowest BCUT2D eigenvalue weighted by Crippen LogP contribution is -2.46. The number of carbonyl (C=O) groups is 2. The van der Waals surface area contributed by atoms with Crippen LogP contribution in [0.4, 0.5) is 13.2 Å². The van der Waals surface area contributed by atoms with Crippen molar-refractivity contribution in [1.82, 2.24) is 14.5 Å². The summed E-state index contributed by atoms with van der Waals surface area (Å²) in [5.41, 5.74) is 0.747. The van der Waals surface area contributed by atoms with Gasteiger partial charge in [-0.15, -0.1) is 13.2 Å². The molecule has 246 valence electrons. The highest BCUT2D eigenvalue weighted by molar-refractivity contribution is 9.10. The van der Waals surface area contributed by atoms with Gasteiger partial charge in [0, 0.05) is 31.2 Å². The number of nitrogens with zero attached hydrogens (tertiary/aromatic N) is 3. The van der Waals surface area contributed by atoms with Crippen LogP contribution in [-0.2, 0) is 20.5 Å². The van der Waals surface area contributed by atoms with Crippen LogP contribution in [-0.4, -0.2) is 67.8 Å². The predicted octanol–water partition coefficient (Wildman–Crippen LogP) is 8.06. The van der Waals surface area contributed by atoms with Crippen LogP contribution in [0, 0.1) is 0 Å². The third-order valence-electron chi connectivity index (χ3n) is 7.52. The average molecular weight is 735 g/mol. The number of methoxy groups -OCH3 is 1. The molecule has 2 aromatic carbocycles. The number of ether oxygens (including phenoxy) is 3. The second-order valence-corrected chi connectivity index (χ2v) is 17.7. The number of amides is 1. The van der Waals surface area contributed by atoms with Crippen molar-refractivity contribution in [3.63, 3.8) is 0 Å². The number of halogens is 5. The van der Waals surface area contributed by atoms with Gasteiger partial charge in [-0.25, -0.2) is 4.79 Å². The number of likely N-dealkylation sites (N-methyl/N-ethyl adjacent to an activating group) is 1. The summed E-state index contributed by atoms with van der Waals surface area (Å²) >= 11 is 9.40. The molecule has 15 heteroatoms. The summed E-state index contributed by atoms with van der Waals surface area (Å²) in [6.07, 6.45) is -4.72. The number of hydrogen-bond donors (Lipinski definition) is 0. The van der Waals surface area contributed by atoms with E-state index in [9.17, 15) is 22.8 Å². The molecule has 0 fully saturated rings. The Kier molecular flexibility index (Phi) is 11.8. The number of aromatic nitrogens is 2. The highest BCUT2D eigenvalue weighted by atomic mass is 79.9. The molecule has 0 aliphatic rings. The SMILES string of the molecule is COC(=O)C(CCO[Si](C)(C)C(C)(C)C)N(C)C(=O)c1c(Br)nc(Oc2cccc(OC(F)(F)F)c2)n1Cc1ccc(Cl)cc1. The zero-order valence-electron chi connectivity index (χ0n) is 26.0. The van der Waals surface area contributed by atoms with Gasteiger partial charge < -0.3 is 23.5 Å². The maximum atomic E-state index is 14.1. The van der Waals surface area contributed by atoms with E-state index in [1.54, 1.807) is 24.3 Å². The van der Waals surface area contributed by atoms with E-state index >= 15 is 0 Å². The van der Waals surface area contributed by atoms with Crippen LogP contribution in [0.5, 0.6) is 17.5 Å². The minimum Gasteiger partial charge on any atom is -0.467 e. The summed E-state index contributed by atoms with van der Waals surface area (Å²) in [5, 5.41) is 0.448. The molecular weight excluding hydrogens is 699 g/mol. The molecule has 0 aliphatic carbocycles. The highest BCUT2D eigenvalue weighted by Gasteiger charge is 2.38. The van der Waals surface area contributed by atoms with E-state index in [1.807, 2.05) is 0 Å². The Hall–Kier alpha value is -3.07. The summed E-state index contributed by atoms with van der Waals surface area (Å²) in [6.45, 7) is 10.8. The Morgan fingerprint density at radius 2 is 1.71 bits per heavy atom. The van der Waals surface area contributed by atoms with Gasteiger partial charge in [-0.3, -0.25) is 9.36 Å². The summed E-state index contributed by atoms with van der Waals surface area (Å²) in [7, 11) is 0.581. The van der Waals surface area contributed by atoms with Crippen molar-refractivity contribution in [3.8, 4) is 17.5 Å². The highest BCUT2D eigenvalue weighted by Crippen LogP contribution is 2.37. The second kappa shape index (κ2) is 14.6. The van der Waals surface area contributed by atoms with Crippen molar-refractivity contribution in [2.24, 2.45) is 0 Å². The summed E-state index contributed by atoms with van der Waals surface area (Å²) in [4.78, 5) is 32.6. The maximum absolute atomic E-state index is 14.1. The first-order valence-corrected chi connectivity index (χ1v) is 17.9. The monoisotopic (exact) mass is 733 g/mol. The Bertz CT molecular complexity index is 1500. The average Bonchev–Trinajstić information content (AvgIpc) is 3.23. The van der Waals surface area contributed by atoms with Crippen molar-refractivity contribution in [2.45, 2.75) is 64.3 Å². The standard InChI is InChI=1S/C30H36BrClF3N3O6Si/c1-29(2,3)45(6,7)42-16-15-23(27(40)41-5)37(4)26(39)24-25(31)36-28(38(24)18-19-11-13-20(32)14-12-19)43-21-9-8-10-22(17-21)44-30(33,34)35/h8-14,17,23H,15-16,18H2,1-7H3. The smallest absolute Gasteiger partial charge is 0.467 e. The molecule has 1 amide bonds. The van der Waals surface area contributed by atoms with Gasteiger partial charge in [0.05, 0.1) is 13.7 Å². The number of rotatable bonds is 12. The lowest BCUT2D eigenvalue weighted by atomic mass is 10.1. The quantitative estimate of drug-likeness (QED) is 0.137. The largest absolute Gasteiger partial charge is 0.573 e. The predicted molar refractivity (Wildman–Crippen MR) is 169 cm³/mol. The molecule has 3 rings (SSSR count). The summed E-state index contributed by atoms with van der Waals surface area (Å²) in [5.74, 6) is -1.72. The molecule has 1 aromatic heterocycles. The molecule has 0 radical (unpaired) electrons. The molecule has 9 nitrogen and oxygen atoms in total. The first kappa shape index (κ1) is 36.4. The molecule has 0 spiro atoms. The van der Waals surface area contributed by atoms with Crippen LogP contribution in [0.1, 0.15) is 43.2 Å². The van der Waals surface area contributed by atoms with Gasteiger partial charge in [-0.2, -0.15) is 4.98 Å². The third-order valence-corrected chi connectivity index (χ3v) is 12.9. The van der Waals surface area contributed by atoms with Crippen molar-refractivity contribution < 1.29 is 41.4 Å². The first-order valence-electron chi connectivity index (χ1n) is 13.9. The van der Waals surface area contributed by atoms with Crippen molar-refractivity contribution in [2.75, 3.05) is 20.8 Å². The zero-order valence-corrected chi connectivity index (χ0v) is 29.3. The lowest BCUT2D eigenvalue weighted by Gasteiger charge is -2.37. The lowest BCUT2D eigenvalue weighted by molar-refractivity contribution is -0.274. The van der Waals surface area contributed by atoms with E-state index < -0.39 is 38.3 Å². The Labute approximate surface area is 274 Å². The van der Waals surface area contributed by atoms with Crippen LogP contribution in [0.15, 0.2) is 53.1 Å². The number of hydrogen-bond acceptors (Lipinski definition) is 7. The van der Waals surface area contributed by atoms with E-state index in [2.05, 4.69) is 59.5 Å². The Balaban J connectivity index is 1.99. The molecule has 45 heavy (non-hydrogen) atoms. The minimum atomic E-state index is -4.90. The second-order valence-electron chi connectivity index (χ2n) is 11.7. The maximum Gasteiger partial charge on any atom is 0.573 e. The van der Waals surface area contributed by atoms with Crippen molar-refractivity contribution in [3.05, 3.63) is 69.4 Å². The fourth-order valence-electron chi connectivity index (χ4n) is 4.00. The molecule has 0 saturated heterocycles. The fraction of sp³-hybridized carbons (Fsp3) is 0.433. The summed E-state index contributed by atoms with van der Waals surface area (Å²) in [6, 6.07) is 10.7. The Morgan fingerprint density at radius 3 is 2.29 bits per heavy atom. The van der Waals surface area contributed by atoms with Crippen LogP contribution in [0.2, 0.25) is 23.2 Å². The van der Waals surface area contributed by atoms with Crippen LogP contribution < -0.4 is 9.47 Å². The number of carbonyl (C=O) groups excluding carboxylic acids is 2. The van der Waals surface area contributed by atoms with Gasteiger partial charge in [0.15, 0.2) is 8.32 Å². The Morgan fingerprint density at radius 1 is 1.09 bits per heavy atom. The van der Waals surface area contributed by atoms with E-state index in [1.165, 1.54) is 35.8 Å². The molecule has 0 N–H and O–H groups in total. The van der Waals surface area contributed by atoms with Gasteiger partial charge >= 0.3 is 18.3 Å². The number of imidazole rings is 1. The molecule has 0 saturated carbocycles. The third kappa shape index (κ3) is 9.71. The van der Waals surface area contributed by atoms with Gasteiger partial charge in [0.2, 0.25) is 0 Å². The van der Waals surface area contributed by atoms with Gasteiger partial charge in [-0.1, -0.05) is 50.6 Å². The molecular formula is C30H36BrClF3N3O6Si. The van der Waals surface area contributed by atoms with Crippen LogP contribution in [0.3, 0.4) is 0 Å². The van der Waals surface area contributed by atoms with Gasteiger partial charge in [0.25, 0.3) is 5.91 Å². The zero-order chi connectivity index (χ0) is 33.7. The summed E-state index contributed by atoms with van der Waals surface area (Å²) < 4.78 is 61.2. The van der Waals surface area contributed by atoms with Crippen LogP contribution in [0.25, 0.3) is 0 Å².